The quantitative estimate of drug-likeness (QED) is 0.136. The Morgan fingerprint density at radius 3 is 1.89 bits per heavy atom. The molecular weight excluding hydrogens is 570 g/mol. The summed E-state index contributed by atoms with van der Waals surface area (Å²) in [5.41, 5.74) is 4.48. The van der Waals surface area contributed by atoms with E-state index in [-0.39, 0.29) is 17.9 Å². The predicted molar refractivity (Wildman–Crippen MR) is 185 cm³/mol. The zero-order chi connectivity index (χ0) is 31.9. The summed E-state index contributed by atoms with van der Waals surface area (Å²) in [6, 6.07) is 41.7. The minimum atomic E-state index is -0.472. The molecule has 4 aromatic carbocycles. The summed E-state index contributed by atoms with van der Waals surface area (Å²) in [5, 5.41) is 6.03. The van der Waals surface area contributed by atoms with Gasteiger partial charge in [0.25, 0.3) is 0 Å². The highest BCUT2D eigenvalue weighted by molar-refractivity contribution is 5.76. The maximum atomic E-state index is 13.1. The fourth-order valence-corrected chi connectivity index (χ4v) is 6.63. The Morgan fingerprint density at radius 2 is 1.28 bits per heavy atom. The van der Waals surface area contributed by atoms with Gasteiger partial charge in [-0.1, -0.05) is 121 Å². The van der Waals surface area contributed by atoms with Gasteiger partial charge in [-0.3, -0.25) is 4.79 Å². The molecular formula is C40H47N3O3. The van der Waals surface area contributed by atoms with Crippen molar-refractivity contribution in [2.75, 3.05) is 32.7 Å². The summed E-state index contributed by atoms with van der Waals surface area (Å²) in [6.07, 6.45) is 4.74. The molecule has 0 saturated carbocycles. The van der Waals surface area contributed by atoms with Crippen LogP contribution in [0.3, 0.4) is 0 Å². The molecule has 1 aliphatic rings. The zero-order valence-electron chi connectivity index (χ0n) is 26.8. The number of carbonyl (C=O) groups is 2. The van der Waals surface area contributed by atoms with Gasteiger partial charge < -0.3 is 20.3 Å². The highest BCUT2D eigenvalue weighted by atomic mass is 16.5. The Hall–Kier alpha value is -4.42. The minimum absolute atomic E-state index is 0.0151. The molecule has 0 bridgehead atoms. The monoisotopic (exact) mass is 617 g/mol. The van der Waals surface area contributed by atoms with Crippen molar-refractivity contribution in [2.45, 2.75) is 56.5 Å². The van der Waals surface area contributed by atoms with E-state index in [1.807, 2.05) is 42.5 Å². The number of hydrogen-bond acceptors (Lipinski definition) is 4. The molecule has 0 unspecified atom stereocenters. The number of carbonyl (C=O) groups excluding carboxylic acids is 2. The molecule has 5 rings (SSSR count). The van der Waals surface area contributed by atoms with Crippen molar-refractivity contribution in [3.05, 3.63) is 144 Å². The van der Waals surface area contributed by atoms with Crippen LogP contribution >= 0.6 is 0 Å². The number of hydrogen-bond donors (Lipinski definition) is 2. The molecule has 0 aliphatic carbocycles. The van der Waals surface area contributed by atoms with Gasteiger partial charge in [-0.15, -0.1) is 0 Å². The van der Waals surface area contributed by atoms with Gasteiger partial charge in [-0.25, -0.2) is 4.79 Å². The highest BCUT2D eigenvalue weighted by Gasteiger charge is 2.34. The van der Waals surface area contributed by atoms with Gasteiger partial charge in [0.05, 0.1) is 0 Å². The Balaban J connectivity index is 1.15. The van der Waals surface area contributed by atoms with Crippen molar-refractivity contribution in [3.8, 4) is 0 Å². The van der Waals surface area contributed by atoms with E-state index in [0.29, 0.717) is 31.8 Å². The van der Waals surface area contributed by atoms with Crippen LogP contribution in [0.4, 0.5) is 4.79 Å². The van der Waals surface area contributed by atoms with Crippen LogP contribution in [0.5, 0.6) is 0 Å². The van der Waals surface area contributed by atoms with Gasteiger partial charge >= 0.3 is 6.09 Å². The third kappa shape index (κ3) is 9.54. The molecule has 0 radical (unpaired) electrons. The first kappa shape index (κ1) is 33.0. The lowest BCUT2D eigenvalue weighted by molar-refractivity contribution is -0.121. The topological polar surface area (TPSA) is 70.7 Å². The highest BCUT2D eigenvalue weighted by Crippen LogP contribution is 2.37. The van der Waals surface area contributed by atoms with Crippen molar-refractivity contribution < 1.29 is 14.3 Å². The first-order valence-corrected chi connectivity index (χ1v) is 16.7. The van der Waals surface area contributed by atoms with E-state index in [1.54, 1.807) is 0 Å². The Kier molecular flexibility index (Phi) is 12.4. The molecule has 240 valence electrons. The molecule has 1 saturated heterocycles. The summed E-state index contributed by atoms with van der Waals surface area (Å²) in [7, 11) is 0. The summed E-state index contributed by atoms with van der Waals surface area (Å²) in [4.78, 5) is 27.8. The Bertz CT molecular complexity index is 1420. The van der Waals surface area contributed by atoms with E-state index in [9.17, 15) is 9.59 Å². The number of ether oxygens (including phenoxy) is 1. The van der Waals surface area contributed by atoms with Gasteiger partial charge in [-0.2, -0.15) is 0 Å². The SMILES string of the molecule is O=C(CCCNC(=O)OCc1ccccc1)NCC(CCCN1CCC(c2ccccc2)CC1)(c1ccccc1)c1ccccc1. The second-order valence-electron chi connectivity index (χ2n) is 12.3. The average Bonchev–Trinajstić information content (AvgIpc) is 3.12. The number of nitrogens with one attached hydrogen (secondary N) is 2. The number of amides is 2. The van der Waals surface area contributed by atoms with E-state index in [0.717, 1.165) is 38.0 Å². The molecule has 0 atom stereocenters. The van der Waals surface area contributed by atoms with E-state index in [1.165, 1.54) is 29.5 Å². The minimum Gasteiger partial charge on any atom is -0.445 e. The van der Waals surface area contributed by atoms with Crippen LogP contribution < -0.4 is 10.6 Å². The van der Waals surface area contributed by atoms with E-state index >= 15 is 0 Å². The fraction of sp³-hybridized carbons (Fsp3) is 0.350. The van der Waals surface area contributed by atoms with Gasteiger partial charge in [0.15, 0.2) is 0 Å². The molecule has 6 nitrogen and oxygen atoms in total. The fourth-order valence-electron chi connectivity index (χ4n) is 6.63. The summed E-state index contributed by atoms with van der Waals surface area (Å²) >= 11 is 0. The van der Waals surface area contributed by atoms with Crippen LogP contribution in [-0.4, -0.2) is 49.6 Å². The van der Waals surface area contributed by atoms with Crippen LogP contribution in [0, 0.1) is 0 Å². The molecule has 1 aliphatic heterocycles. The summed E-state index contributed by atoms with van der Waals surface area (Å²) in [5.74, 6) is 0.634. The first-order chi connectivity index (χ1) is 22.6. The molecule has 0 aromatic heterocycles. The third-order valence-electron chi connectivity index (χ3n) is 9.24. The number of benzene rings is 4. The predicted octanol–water partition coefficient (Wildman–Crippen LogP) is 7.46. The molecule has 6 heteroatoms. The largest absolute Gasteiger partial charge is 0.445 e. The summed E-state index contributed by atoms with van der Waals surface area (Å²) in [6.45, 7) is 4.40. The van der Waals surface area contributed by atoms with Crippen LogP contribution in [0.15, 0.2) is 121 Å². The average molecular weight is 618 g/mol. The maximum absolute atomic E-state index is 13.1. The van der Waals surface area contributed by atoms with Crippen molar-refractivity contribution in [2.24, 2.45) is 0 Å². The van der Waals surface area contributed by atoms with E-state index < -0.39 is 6.09 Å². The van der Waals surface area contributed by atoms with Crippen LogP contribution in [0.25, 0.3) is 0 Å². The van der Waals surface area contributed by atoms with Crippen LogP contribution in [0.1, 0.15) is 66.7 Å². The van der Waals surface area contributed by atoms with Gasteiger partial charge in [0, 0.05) is 24.9 Å². The second kappa shape index (κ2) is 17.3. The molecule has 1 heterocycles. The molecule has 2 N–H and O–H groups in total. The molecule has 4 aromatic rings. The van der Waals surface area contributed by atoms with Crippen LogP contribution in [-0.2, 0) is 21.6 Å². The number of likely N-dealkylation sites (tertiary alicyclic amines) is 1. The van der Waals surface area contributed by atoms with Crippen LogP contribution in [0.2, 0.25) is 0 Å². The molecule has 1 fully saturated rings. The number of rotatable bonds is 15. The van der Waals surface area contributed by atoms with Gasteiger partial charge in [0.2, 0.25) is 5.91 Å². The zero-order valence-corrected chi connectivity index (χ0v) is 26.8. The number of alkyl carbamates (subject to hydrolysis) is 1. The summed E-state index contributed by atoms with van der Waals surface area (Å²) < 4.78 is 5.28. The first-order valence-electron chi connectivity index (χ1n) is 16.7. The lowest BCUT2D eigenvalue weighted by atomic mass is 9.71. The number of nitrogens with zero attached hydrogens (tertiary/aromatic N) is 1. The lowest BCUT2D eigenvalue weighted by Crippen LogP contribution is -2.43. The standard InChI is InChI=1S/C40H47N3O3/c44-38(23-13-27-41-39(45)46-31-33-15-5-1-6-16-33)42-32-40(36-19-9-3-10-20-36,37-21-11-4-12-22-37)26-14-28-43-29-24-35(25-30-43)34-17-7-2-8-18-34/h1-12,15-22,35H,13-14,23-32H2,(H,41,45)(H,42,44). The van der Waals surface area contributed by atoms with E-state index in [4.69, 9.17) is 4.74 Å². The van der Waals surface area contributed by atoms with Crippen molar-refractivity contribution in [3.63, 3.8) is 0 Å². The lowest BCUT2D eigenvalue weighted by Gasteiger charge is -2.37. The maximum Gasteiger partial charge on any atom is 0.407 e. The smallest absolute Gasteiger partial charge is 0.407 e. The Labute approximate surface area is 274 Å². The van der Waals surface area contributed by atoms with Gasteiger partial charge in [0.1, 0.15) is 6.61 Å². The normalized spacial score (nSPS) is 14.0. The second-order valence-corrected chi connectivity index (χ2v) is 12.3. The third-order valence-corrected chi connectivity index (χ3v) is 9.24. The van der Waals surface area contributed by atoms with E-state index in [2.05, 4.69) is 94.4 Å². The van der Waals surface area contributed by atoms with Gasteiger partial charge in [-0.05, 0) is 79.9 Å². The van der Waals surface area contributed by atoms with Crippen molar-refractivity contribution in [1.29, 1.82) is 0 Å². The van der Waals surface area contributed by atoms with Crippen molar-refractivity contribution >= 4 is 12.0 Å². The molecule has 0 spiro atoms. The molecule has 46 heavy (non-hydrogen) atoms. The number of piperidine rings is 1. The van der Waals surface area contributed by atoms with Crippen molar-refractivity contribution in [1.82, 2.24) is 15.5 Å². The Morgan fingerprint density at radius 1 is 0.717 bits per heavy atom. The molecule has 2 amide bonds.